The minimum Gasteiger partial charge on any atom is -0.466 e. The number of carbonyl (C=O) groups is 2. The second-order valence-electron chi connectivity index (χ2n) is 10.6. The van der Waals surface area contributed by atoms with E-state index in [4.69, 9.17) is 9.84 Å². The van der Waals surface area contributed by atoms with Crippen LogP contribution in [0, 0.1) is 29.6 Å². The van der Waals surface area contributed by atoms with Gasteiger partial charge in [0.25, 0.3) is 5.91 Å². The van der Waals surface area contributed by atoms with E-state index in [9.17, 15) is 9.59 Å². The molecule has 2 aromatic rings. The van der Waals surface area contributed by atoms with E-state index in [1.807, 2.05) is 41.9 Å². The van der Waals surface area contributed by atoms with Gasteiger partial charge in [-0.15, -0.1) is 0 Å². The number of aromatic nitrogens is 2. The maximum absolute atomic E-state index is 13.9. The highest BCUT2D eigenvalue weighted by atomic mass is 16.5. The average Bonchev–Trinajstić information content (AvgIpc) is 3.20. The van der Waals surface area contributed by atoms with Crippen molar-refractivity contribution in [3.8, 4) is 5.69 Å². The zero-order valence-electron chi connectivity index (χ0n) is 19.3. The first-order valence-electron chi connectivity index (χ1n) is 12.7. The van der Waals surface area contributed by atoms with Gasteiger partial charge in [0.05, 0.1) is 23.9 Å². The Morgan fingerprint density at radius 2 is 1.76 bits per heavy atom. The highest BCUT2D eigenvalue weighted by Crippen LogP contribution is 2.53. The van der Waals surface area contributed by atoms with Crippen LogP contribution >= 0.6 is 0 Å². The standard InChI is InChI=1S/C27H33N3O3/c1-2-33-27(32)18-8-9-23-22(15-18)25(30(29-23)21-6-4-3-5-7-21)26(31)28-24-19-11-16-10-17(13-19)14-20(24)12-16/h3-7,16-20,24H,2,8-15H2,1H3,(H,28,31). The number of ether oxygens (including phenoxy) is 1. The third kappa shape index (κ3) is 3.68. The zero-order valence-corrected chi connectivity index (χ0v) is 19.3. The Kier molecular flexibility index (Phi) is 5.27. The van der Waals surface area contributed by atoms with Crippen LogP contribution in [0.3, 0.4) is 0 Å². The predicted octanol–water partition coefficient (Wildman–Crippen LogP) is 4.09. The monoisotopic (exact) mass is 447 g/mol. The number of aryl methyl sites for hydroxylation is 1. The van der Waals surface area contributed by atoms with Gasteiger partial charge in [0, 0.05) is 11.6 Å². The highest BCUT2D eigenvalue weighted by molar-refractivity contribution is 5.95. The van der Waals surface area contributed by atoms with Gasteiger partial charge in [-0.2, -0.15) is 5.10 Å². The molecule has 0 saturated heterocycles. The maximum Gasteiger partial charge on any atom is 0.309 e. The summed E-state index contributed by atoms with van der Waals surface area (Å²) < 4.78 is 7.12. The molecule has 6 nitrogen and oxygen atoms in total. The smallest absolute Gasteiger partial charge is 0.309 e. The number of carbonyl (C=O) groups excluding carboxylic acids is 2. The molecule has 1 amide bonds. The maximum atomic E-state index is 13.9. The van der Waals surface area contributed by atoms with Gasteiger partial charge in [0.1, 0.15) is 5.69 Å². The van der Waals surface area contributed by atoms with Gasteiger partial charge in [0.15, 0.2) is 0 Å². The number of amides is 1. The van der Waals surface area contributed by atoms with Crippen LogP contribution < -0.4 is 5.32 Å². The largest absolute Gasteiger partial charge is 0.466 e. The van der Waals surface area contributed by atoms with E-state index < -0.39 is 0 Å². The fourth-order valence-corrected chi connectivity index (χ4v) is 7.40. The summed E-state index contributed by atoms with van der Waals surface area (Å²) in [6.07, 6.45) is 8.38. The van der Waals surface area contributed by atoms with Gasteiger partial charge in [-0.05, 0) is 94.1 Å². The fourth-order valence-electron chi connectivity index (χ4n) is 7.40. The van der Waals surface area contributed by atoms with E-state index in [2.05, 4.69) is 5.32 Å². The molecule has 1 N–H and O–H groups in total. The number of nitrogens with zero attached hydrogens (tertiary/aromatic N) is 2. The molecule has 174 valence electrons. The summed E-state index contributed by atoms with van der Waals surface area (Å²) >= 11 is 0. The van der Waals surface area contributed by atoms with Crippen LogP contribution in [0.1, 0.15) is 67.2 Å². The molecule has 1 aromatic heterocycles. The van der Waals surface area contributed by atoms with E-state index in [1.165, 1.54) is 32.1 Å². The molecular weight excluding hydrogens is 414 g/mol. The van der Waals surface area contributed by atoms with E-state index in [0.29, 0.717) is 43.4 Å². The van der Waals surface area contributed by atoms with E-state index in [-0.39, 0.29) is 23.8 Å². The Morgan fingerprint density at radius 3 is 2.42 bits per heavy atom. The summed E-state index contributed by atoms with van der Waals surface area (Å²) in [5.74, 6) is 2.56. The molecule has 0 spiro atoms. The van der Waals surface area contributed by atoms with Gasteiger partial charge < -0.3 is 10.1 Å². The molecule has 33 heavy (non-hydrogen) atoms. The second kappa shape index (κ2) is 8.30. The number of hydrogen-bond acceptors (Lipinski definition) is 4. The second-order valence-corrected chi connectivity index (χ2v) is 10.6. The Labute approximate surface area is 195 Å². The molecule has 5 aliphatic rings. The summed E-state index contributed by atoms with van der Waals surface area (Å²) in [5.41, 5.74) is 3.35. The lowest BCUT2D eigenvalue weighted by Gasteiger charge is -2.54. The Bertz CT molecular complexity index is 1030. The molecule has 6 heteroatoms. The van der Waals surface area contributed by atoms with Crippen LogP contribution in [0.2, 0.25) is 0 Å². The lowest BCUT2D eigenvalue weighted by atomic mass is 9.54. The first-order chi connectivity index (χ1) is 16.1. The summed E-state index contributed by atoms with van der Waals surface area (Å²) in [7, 11) is 0. The van der Waals surface area contributed by atoms with Crippen molar-refractivity contribution in [3.63, 3.8) is 0 Å². The minimum absolute atomic E-state index is 0.0328. The Morgan fingerprint density at radius 1 is 1.06 bits per heavy atom. The number of esters is 1. The molecule has 5 aliphatic carbocycles. The molecule has 0 aliphatic heterocycles. The molecule has 4 saturated carbocycles. The van der Waals surface area contributed by atoms with Crippen LogP contribution in [-0.2, 0) is 22.4 Å². The number of hydrogen-bond donors (Lipinski definition) is 1. The van der Waals surface area contributed by atoms with Crippen LogP contribution in [-0.4, -0.2) is 34.3 Å². The topological polar surface area (TPSA) is 73.2 Å². The molecule has 1 aromatic carbocycles. The Balaban J connectivity index is 1.33. The summed E-state index contributed by atoms with van der Waals surface area (Å²) in [5, 5.41) is 8.35. The lowest BCUT2D eigenvalue weighted by molar-refractivity contribution is -0.148. The van der Waals surface area contributed by atoms with Crippen molar-refractivity contribution < 1.29 is 14.3 Å². The van der Waals surface area contributed by atoms with Crippen molar-refractivity contribution in [2.75, 3.05) is 6.61 Å². The normalized spacial score (nSPS) is 31.8. The molecule has 1 atom stereocenters. The van der Waals surface area contributed by atoms with Crippen molar-refractivity contribution in [2.45, 2.75) is 64.3 Å². The minimum atomic E-state index is -0.210. The number of para-hydroxylation sites is 1. The van der Waals surface area contributed by atoms with Crippen molar-refractivity contribution in [2.24, 2.45) is 29.6 Å². The molecule has 4 bridgehead atoms. The molecule has 1 heterocycles. The summed E-state index contributed by atoms with van der Waals surface area (Å²) in [6, 6.07) is 10.2. The van der Waals surface area contributed by atoms with Crippen LogP contribution in [0.25, 0.3) is 5.69 Å². The van der Waals surface area contributed by atoms with E-state index in [0.717, 1.165) is 28.8 Å². The third-order valence-electron chi connectivity index (χ3n) is 8.61. The van der Waals surface area contributed by atoms with Crippen molar-refractivity contribution in [1.29, 1.82) is 0 Å². The molecule has 7 rings (SSSR count). The number of nitrogens with one attached hydrogen (secondary N) is 1. The van der Waals surface area contributed by atoms with Crippen molar-refractivity contribution >= 4 is 11.9 Å². The first-order valence-corrected chi connectivity index (χ1v) is 12.7. The van der Waals surface area contributed by atoms with Crippen molar-refractivity contribution in [3.05, 3.63) is 47.3 Å². The van der Waals surface area contributed by atoms with E-state index in [1.54, 1.807) is 0 Å². The van der Waals surface area contributed by atoms with Gasteiger partial charge in [-0.3, -0.25) is 9.59 Å². The van der Waals surface area contributed by atoms with Gasteiger partial charge in [0.2, 0.25) is 0 Å². The lowest BCUT2D eigenvalue weighted by Crippen LogP contribution is -2.56. The van der Waals surface area contributed by atoms with E-state index >= 15 is 0 Å². The molecular formula is C27H33N3O3. The summed E-state index contributed by atoms with van der Waals surface area (Å²) in [4.78, 5) is 26.4. The Hall–Kier alpha value is -2.63. The van der Waals surface area contributed by atoms with Crippen LogP contribution in [0.15, 0.2) is 30.3 Å². The number of benzene rings is 1. The van der Waals surface area contributed by atoms with Gasteiger partial charge in [-0.25, -0.2) is 4.68 Å². The molecule has 0 radical (unpaired) electrons. The SMILES string of the molecule is CCOC(=O)C1CCc2nn(-c3ccccc3)c(C(=O)NC3C4CC5CC(C4)CC3C5)c2C1. The highest BCUT2D eigenvalue weighted by Gasteiger charge is 2.49. The molecule has 1 unspecified atom stereocenters. The average molecular weight is 448 g/mol. The van der Waals surface area contributed by atoms with Crippen LogP contribution in [0.4, 0.5) is 0 Å². The molecule has 4 fully saturated rings. The predicted molar refractivity (Wildman–Crippen MR) is 124 cm³/mol. The fraction of sp³-hybridized carbons (Fsp3) is 0.593. The van der Waals surface area contributed by atoms with Crippen molar-refractivity contribution in [1.82, 2.24) is 15.1 Å². The summed E-state index contributed by atoms with van der Waals surface area (Å²) in [6.45, 7) is 2.22. The third-order valence-corrected chi connectivity index (χ3v) is 8.61. The quantitative estimate of drug-likeness (QED) is 0.701. The number of fused-ring (bicyclic) bond motifs is 1. The van der Waals surface area contributed by atoms with Crippen LogP contribution in [0.5, 0.6) is 0 Å². The first kappa shape index (κ1) is 20.9. The number of rotatable bonds is 5. The zero-order chi connectivity index (χ0) is 22.5. The van der Waals surface area contributed by atoms with Gasteiger partial charge in [-0.1, -0.05) is 18.2 Å². The van der Waals surface area contributed by atoms with Gasteiger partial charge >= 0.3 is 5.97 Å².